The minimum Gasteiger partial charge on any atom is -0.748 e. The van der Waals surface area contributed by atoms with Crippen molar-refractivity contribution in [1.29, 1.82) is 0 Å². The number of hydrogen-bond acceptors (Lipinski definition) is 0. The van der Waals surface area contributed by atoms with Crippen molar-refractivity contribution in [2.75, 3.05) is 0 Å². The van der Waals surface area contributed by atoms with Crippen LogP contribution >= 0.6 is 0 Å². The molecule has 0 fully saturated rings. The van der Waals surface area contributed by atoms with Crippen LogP contribution in [0.5, 0.6) is 0 Å². The molecule has 0 amide bonds. The Morgan fingerprint density at radius 2 is 1.47 bits per heavy atom. The average molecular weight is 315 g/mol. The molecule has 0 saturated heterocycles. The van der Waals surface area contributed by atoms with Crippen LogP contribution in [0.4, 0.5) is 0 Å². The van der Waals surface area contributed by atoms with Crippen LogP contribution in [-0.4, -0.2) is 0 Å². The molecule has 0 nitrogen and oxygen atoms in total. The molecule has 0 bridgehead atoms. The summed E-state index contributed by atoms with van der Waals surface area (Å²) < 4.78 is 0. The fourth-order valence-electron chi connectivity index (χ4n) is 2.05. The third-order valence-corrected chi connectivity index (χ3v) is 2.93. The van der Waals surface area contributed by atoms with Gasteiger partial charge in [-0.15, -0.1) is 0 Å². The number of aryl methyl sites for hydroxylation is 2. The van der Waals surface area contributed by atoms with Gasteiger partial charge < -0.3 is 30.3 Å². The van der Waals surface area contributed by atoms with Gasteiger partial charge in [-0.05, 0) is 0 Å². The Labute approximate surface area is 119 Å². The second-order valence-corrected chi connectivity index (χ2v) is 3.89. The molecule has 0 radical (unpaired) electrons. The van der Waals surface area contributed by atoms with Gasteiger partial charge in [-0.2, -0.15) is 22.8 Å². The van der Waals surface area contributed by atoms with E-state index in [0.29, 0.717) is 0 Å². The Kier molecular flexibility index (Phi) is 8.99. The minimum atomic E-state index is 0. The molecule has 0 aliphatic rings. The predicted octanol–water partition coefficient (Wildman–Crippen LogP) is 4.50. The van der Waals surface area contributed by atoms with Gasteiger partial charge in [0.2, 0.25) is 0 Å². The fourth-order valence-corrected chi connectivity index (χ4v) is 2.05. The Balaban J connectivity index is 0.000000360. The first kappa shape index (κ1) is 16.3. The van der Waals surface area contributed by atoms with E-state index < -0.39 is 0 Å². The summed E-state index contributed by atoms with van der Waals surface area (Å²) in [6, 6.07) is 14.6. The van der Waals surface area contributed by atoms with E-state index in [9.17, 15) is 0 Å². The summed E-state index contributed by atoms with van der Waals surface area (Å²) in [7, 11) is 0. The SMILES string of the molecule is CCc1cc[c-](CC)c1CC.[Ru].[cH-]1[cH-][cH-][cH-][cH-]1. The third-order valence-electron chi connectivity index (χ3n) is 2.93. The Morgan fingerprint density at radius 3 is 1.82 bits per heavy atom. The quantitative estimate of drug-likeness (QED) is 0.578. The van der Waals surface area contributed by atoms with Crippen molar-refractivity contribution in [2.24, 2.45) is 0 Å². The predicted molar refractivity (Wildman–Crippen MR) is 72.2 cm³/mol. The smallest absolute Gasteiger partial charge is 0 e. The second kappa shape index (κ2) is 9.36. The molecule has 0 spiro atoms. The van der Waals surface area contributed by atoms with Crippen molar-refractivity contribution >= 4 is 0 Å². The molecule has 2 aromatic carbocycles. The summed E-state index contributed by atoms with van der Waals surface area (Å²) in [4.78, 5) is 0. The van der Waals surface area contributed by atoms with Crippen LogP contribution in [-0.2, 0) is 38.7 Å². The first-order chi connectivity index (χ1) is 7.83. The third kappa shape index (κ3) is 5.00. The Morgan fingerprint density at radius 1 is 0.941 bits per heavy atom. The van der Waals surface area contributed by atoms with Gasteiger partial charge in [-0.3, -0.25) is 0 Å². The summed E-state index contributed by atoms with van der Waals surface area (Å²) in [5.74, 6) is 0. The molecule has 0 aliphatic heterocycles. The van der Waals surface area contributed by atoms with Crippen LogP contribution in [0.25, 0.3) is 0 Å². The maximum absolute atomic E-state index is 2.28. The normalized spacial score (nSPS) is 9.12. The Hall–Kier alpha value is -0.677. The van der Waals surface area contributed by atoms with E-state index in [1.54, 1.807) is 16.7 Å². The van der Waals surface area contributed by atoms with E-state index in [1.807, 2.05) is 30.3 Å². The summed E-state index contributed by atoms with van der Waals surface area (Å²) in [6.45, 7) is 6.70. The fraction of sp³-hybridized carbons (Fsp3) is 0.375. The molecule has 100 valence electrons. The molecule has 0 saturated carbocycles. The van der Waals surface area contributed by atoms with E-state index in [2.05, 4.69) is 32.9 Å². The van der Waals surface area contributed by atoms with Crippen molar-refractivity contribution < 1.29 is 19.5 Å². The van der Waals surface area contributed by atoms with Gasteiger partial charge >= 0.3 is 0 Å². The van der Waals surface area contributed by atoms with Crippen LogP contribution in [0.3, 0.4) is 0 Å². The number of hydrogen-bond donors (Lipinski definition) is 0. The van der Waals surface area contributed by atoms with Crippen molar-refractivity contribution in [1.82, 2.24) is 0 Å². The van der Waals surface area contributed by atoms with E-state index in [0.717, 1.165) is 0 Å². The minimum absolute atomic E-state index is 0. The van der Waals surface area contributed by atoms with Crippen LogP contribution in [0.2, 0.25) is 0 Å². The molecule has 0 atom stereocenters. The molecule has 0 aliphatic carbocycles. The van der Waals surface area contributed by atoms with Crippen LogP contribution < -0.4 is 0 Å². The molecule has 2 rings (SSSR count). The van der Waals surface area contributed by atoms with Crippen molar-refractivity contribution in [3.05, 3.63) is 59.2 Å². The zero-order valence-corrected chi connectivity index (χ0v) is 12.8. The summed E-state index contributed by atoms with van der Waals surface area (Å²) in [5.41, 5.74) is 4.68. The van der Waals surface area contributed by atoms with E-state index in [-0.39, 0.29) is 19.5 Å². The molecule has 17 heavy (non-hydrogen) atoms. The summed E-state index contributed by atoms with van der Waals surface area (Å²) in [6.07, 6.45) is 3.56. The molecule has 0 aromatic heterocycles. The van der Waals surface area contributed by atoms with E-state index in [1.165, 1.54) is 19.3 Å². The van der Waals surface area contributed by atoms with E-state index in [4.69, 9.17) is 0 Å². The average Bonchev–Trinajstić information content (AvgIpc) is 3.00. The Bertz CT molecular complexity index is 329. The van der Waals surface area contributed by atoms with Gasteiger partial charge in [-0.1, -0.05) is 40.0 Å². The molecule has 0 N–H and O–H groups in total. The monoisotopic (exact) mass is 316 g/mol. The molecule has 1 heteroatoms. The topological polar surface area (TPSA) is 0 Å². The molecule has 0 unspecified atom stereocenters. The largest absolute Gasteiger partial charge is 0.748 e. The second-order valence-electron chi connectivity index (χ2n) is 3.89. The van der Waals surface area contributed by atoms with Crippen molar-refractivity contribution in [3.8, 4) is 0 Å². The summed E-state index contributed by atoms with van der Waals surface area (Å²) in [5, 5.41) is 0. The van der Waals surface area contributed by atoms with Gasteiger partial charge in [0.1, 0.15) is 0 Å². The molecular weight excluding hydrogens is 293 g/mol. The van der Waals surface area contributed by atoms with Crippen LogP contribution in [0, 0.1) is 0 Å². The first-order valence-electron chi connectivity index (χ1n) is 6.26. The van der Waals surface area contributed by atoms with Crippen molar-refractivity contribution in [2.45, 2.75) is 40.0 Å². The van der Waals surface area contributed by atoms with Gasteiger partial charge in [-0.25, -0.2) is 6.07 Å². The maximum atomic E-state index is 2.28. The zero-order valence-electron chi connectivity index (χ0n) is 11.0. The molecule has 2 aromatic rings. The van der Waals surface area contributed by atoms with Gasteiger partial charge in [0, 0.05) is 19.5 Å². The first-order valence-corrected chi connectivity index (χ1v) is 6.26. The number of rotatable bonds is 3. The molecular formula is C16H22Ru-6. The summed E-state index contributed by atoms with van der Waals surface area (Å²) >= 11 is 0. The van der Waals surface area contributed by atoms with Crippen LogP contribution in [0.1, 0.15) is 37.5 Å². The van der Waals surface area contributed by atoms with E-state index >= 15 is 0 Å². The van der Waals surface area contributed by atoms with Crippen molar-refractivity contribution in [3.63, 3.8) is 0 Å². The zero-order chi connectivity index (χ0) is 11.8. The van der Waals surface area contributed by atoms with Gasteiger partial charge in [0.05, 0.1) is 0 Å². The standard InChI is InChI=1S/C11H17.C5H5.Ru/c1-4-9-7-8-10(5-2)11(9)6-3;1-2-4-5-3-1;/h7-8H,4-6H2,1-3H3;1-5H;/q-1;-5;. The van der Waals surface area contributed by atoms with Gasteiger partial charge in [0.15, 0.2) is 0 Å². The van der Waals surface area contributed by atoms with Gasteiger partial charge in [0.25, 0.3) is 0 Å². The maximum Gasteiger partial charge on any atom is 0 e. The molecule has 0 heterocycles. The van der Waals surface area contributed by atoms with Crippen LogP contribution in [0.15, 0.2) is 42.5 Å².